The van der Waals surface area contributed by atoms with Gasteiger partial charge < -0.3 is 24.8 Å². The molecule has 0 unspecified atom stereocenters. The van der Waals surface area contributed by atoms with Crippen LogP contribution in [0.4, 0.5) is 5.69 Å². The normalized spacial score (nSPS) is 10.6. The number of nitrogens with zero attached hydrogens (tertiary/aromatic N) is 1. The van der Waals surface area contributed by atoms with Gasteiger partial charge >= 0.3 is 0 Å². The van der Waals surface area contributed by atoms with Crippen LogP contribution in [0.25, 0.3) is 0 Å². The smallest absolute Gasteiger partial charge is 0.196 e. The fourth-order valence-electron chi connectivity index (χ4n) is 2.53. The number of anilines is 1. The molecule has 2 N–H and O–H groups in total. The van der Waals surface area contributed by atoms with Gasteiger partial charge in [-0.25, -0.2) is 4.99 Å². The Bertz CT molecular complexity index is 753. The molecule has 2 aromatic rings. The Morgan fingerprint density at radius 3 is 2.43 bits per heavy atom. The Balaban J connectivity index is 0.00000392. The van der Waals surface area contributed by atoms with Crippen LogP contribution in [0.1, 0.15) is 26.3 Å². The Kier molecular flexibility index (Phi) is 11.2. The van der Waals surface area contributed by atoms with Gasteiger partial charge in [-0.3, -0.25) is 0 Å². The summed E-state index contributed by atoms with van der Waals surface area (Å²) >= 11 is 0. The Morgan fingerprint density at radius 1 is 0.964 bits per heavy atom. The van der Waals surface area contributed by atoms with Crippen molar-refractivity contribution in [2.75, 3.05) is 32.2 Å². The molecule has 0 atom stereocenters. The van der Waals surface area contributed by atoms with Crippen molar-refractivity contribution in [2.24, 2.45) is 4.99 Å². The van der Waals surface area contributed by atoms with Gasteiger partial charge in [0.2, 0.25) is 0 Å². The molecular weight excluding hydrogens is 469 g/mol. The summed E-state index contributed by atoms with van der Waals surface area (Å²) in [6, 6.07) is 13.7. The first-order valence-corrected chi connectivity index (χ1v) is 9.28. The number of rotatable bonds is 9. The van der Waals surface area contributed by atoms with Gasteiger partial charge in [0, 0.05) is 18.3 Å². The van der Waals surface area contributed by atoms with Crippen molar-refractivity contribution in [1.82, 2.24) is 5.32 Å². The van der Waals surface area contributed by atoms with E-state index in [2.05, 4.69) is 15.6 Å². The van der Waals surface area contributed by atoms with E-state index < -0.39 is 0 Å². The first kappa shape index (κ1) is 23.9. The van der Waals surface area contributed by atoms with Crippen LogP contribution in [0.15, 0.2) is 47.5 Å². The van der Waals surface area contributed by atoms with E-state index in [0.29, 0.717) is 31.5 Å². The molecule has 0 aliphatic carbocycles. The van der Waals surface area contributed by atoms with Crippen molar-refractivity contribution in [3.05, 3.63) is 48.0 Å². The summed E-state index contributed by atoms with van der Waals surface area (Å²) in [5.41, 5.74) is 1.96. The number of methoxy groups -OCH3 is 1. The molecule has 6 nitrogen and oxygen atoms in total. The summed E-state index contributed by atoms with van der Waals surface area (Å²) in [6.45, 7) is 8.50. The number of guanidine groups is 1. The molecule has 0 aliphatic heterocycles. The van der Waals surface area contributed by atoms with Gasteiger partial charge in [0.05, 0.1) is 26.9 Å². The summed E-state index contributed by atoms with van der Waals surface area (Å²) < 4.78 is 16.5. The summed E-state index contributed by atoms with van der Waals surface area (Å²) in [5, 5.41) is 6.56. The quantitative estimate of drug-likeness (QED) is 0.298. The predicted molar refractivity (Wildman–Crippen MR) is 126 cm³/mol. The second-order valence-electron chi connectivity index (χ2n) is 5.70. The van der Waals surface area contributed by atoms with Crippen LogP contribution in [-0.2, 0) is 6.54 Å². The molecule has 0 fully saturated rings. The van der Waals surface area contributed by atoms with Gasteiger partial charge in [0.25, 0.3) is 0 Å². The topological polar surface area (TPSA) is 64.1 Å². The van der Waals surface area contributed by atoms with Crippen molar-refractivity contribution < 1.29 is 14.2 Å². The molecule has 0 bridgehead atoms. The number of aliphatic imine (C=N–C) groups is 1. The van der Waals surface area contributed by atoms with Crippen LogP contribution in [0, 0.1) is 0 Å². The molecule has 0 heterocycles. The molecule has 28 heavy (non-hydrogen) atoms. The zero-order valence-corrected chi connectivity index (χ0v) is 19.3. The highest BCUT2D eigenvalue weighted by molar-refractivity contribution is 14.0. The molecule has 7 heteroatoms. The molecule has 0 saturated carbocycles. The molecule has 0 spiro atoms. The van der Waals surface area contributed by atoms with Gasteiger partial charge in [0.15, 0.2) is 17.5 Å². The minimum Gasteiger partial charge on any atom is -0.494 e. The van der Waals surface area contributed by atoms with Crippen molar-refractivity contribution in [3.8, 4) is 17.2 Å². The average molecular weight is 499 g/mol. The summed E-state index contributed by atoms with van der Waals surface area (Å²) in [4.78, 5) is 4.66. The zero-order chi connectivity index (χ0) is 19.5. The Labute approximate surface area is 184 Å². The Morgan fingerprint density at radius 2 is 1.75 bits per heavy atom. The number of ether oxygens (including phenoxy) is 3. The SMILES string of the molecule is CCNC(=NCc1cccc(OCC)c1)Nc1ccc(OCC)c(OC)c1.I. The third-order valence-electron chi connectivity index (χ3n) is 3.70. The van der Waals surface area contributed by atoms with Gasteiger partial charge in [-0.2, -0.15) is 0 Å². The first-order chi connectivity index (χ1) is 13.2. The molecule has 154 valence electrons. The lowest BCUT2D eigenvalue weighted by atomic mass is 10.2. The van der Waals surface area contributed by atoms with E-state index in [-0.39, 0.29) is 24.0 Å². The van der Waals surface area contributed by atoms with E-state index in [9.17, 15) is 0 Å². The molecule has 0 amide bonds. The monoisotopic (exact) mass is 499 g/mol. The van der Waals surface area contributed by atoms with Crippen molar-refractivity contribution in [1.29, 1.82) is 0 Å². The second kappa shape index (κ2) is 13.1. The third kappa shape index (κ3) is 7.46. The van der Waals surface area contributed by atoms with Crippen molar-refractivity contribution in [2.45, 2.75) is 27.3 Å². The van der Waals surface area contributed by atoms with Gasteiger partial charge in [0.1, 0.15) is 5.75 Å². The minimum atomic E-state index is 0. The van der Waals surface area contributed by atoms with Crippen LogP contribution >= 0.6 is 24.0 Å². The van der Waals surface area contributed by atoms with Crippen LogP contribution in [0.5, 0.6) is 17.2 Å². The lowest BCUT2D eigenvalue weighted by molar-refractivity contribution is 0.311. The maximum Gasteiger partial charge on any atom is 0.196 e. The number of benzene rings is 2. The standard InChI is InChI=1S/C21H29N3O3.HI/c1-5-22-21(23-15-16-9-8-10-18(13-16)26-6-2)24-17-11-12-19(27-7-3)20(14-17)25-4;/h8-14H,5-7,15H2,1-4H3,(H2,22,23,24);1H. The van der Waals surface area contributed by atoms with Crippen LogP contribution in [0.2, 0.25) is 0 Å². The van der Waals surface area contributed by atoms with E-state index >= 15 is 0 Å². The fraction of sp³-hybridized carbons (Fsp3) is 0.381. The van der Waals surface area contributed by atoms with E-state index in [1.807, 2.05) is 63.2 Å². The average Bonchev–Trinajstić information content (AvgIpc) is 2.68. The number of nitrogens with one attached hydrogen (secondary N) is 2. The highest BCUT2D eigenvalue weighted by Gasteiger charge is 2.07. The van der Waals surface area contributed by atoms with Gasteiger partial charge in [-0.1, -0.05) is 12.1 Å². The maximum absolute atomic E-state index is 5.56. The summed E-state index contributed by atoms with van der Waals surface area (Å²) in [7, 11) is 1.63. The second-order valence-corrected chi connectivity index (χ2v) is 5.70. The highest BCUT2D eigenvalue weighted by atomic mass is 127. The lowest BCUT2D eigenvalue weighted by Gasteiger charge is -2.14. The van der Waals surface area contributed by atoms with Gasteiger partial charge in [-0.15, -0.1) is 24.0 Å². The minimum absolute atomic E-state index is 0. The lowest BCUT2D eigenvalue weighted by Crippen LogP contribution is -2.30. The molecule has 2 aromatic carbocycles. The van der Waals surface area contributed by atoms with Crippen LogP contribution in [-0.4, -0.2) is 32.8 Å². The van der Waals surface area contributed by atoms with E-state index in [4.69, 9.17) is 14.2 Å². The van der Waals surface area contributed by atoms with Gasteiger partial charge in [-0.05, 0) is 50.6 Å². The summed E-state index contributed by atoms with van der Waals surface area (Å²) in [6.07, 6.45) is 0. The molecule has 0 saturated heterocycles. The third-order valence-corrected chi connectivity index (χ3v) is 3.70. The largest absolute Gasteiger partial charge is 0.494 e. The van der Waals surface area contributed by atoms with Crippen molar-refractivity contribution >= 4 is 35.6 Å². The van der Waals surface area contributed by atoms with E-state index in [0.717, 1.165) is 29.3 Å². The highest BCUT2D eigenvalue weighted by Crippen LogP contribution is 2.30. The number of hydrogen-bond acceptors (Lipinski definition) is 4. The van der Waals surface area contributed by atoms with E-state index in [1.165, 1.54) is 0 Å². The number of hydrogen-bond donors (Lipinski definition) is 2. The van der Waals surface area contributed by atoms with E-state index in [1.54, 1.807) is 7.11 Å². The zero-order valence-electron chi connectivity index (χ0n) is 17.0. The van der Waals surface area contributed by atoms with Crippen LogP contribution < -0.4 is 24.8 Å². The van der Waals surface area contributed by atoms with Crippen molar-refractivity contribution in [3.63, 3.8) is 0 Å². The first-order valence-electron chi connectivity index (χ1n) is 9.28. The predicted octanol–water partition coefficient (Wildman–Crippen LogP) is 4.69. The Hall–Kier alpha value is -2.16. The molecule has 0 radical (unpaired) electrons. The maximum atomic E-state index is 5.56. The molecule has 0 aromatic heterocycles. The summed E-state index contributed by atoms with van der Waals surface area (Å²) in [5.74, 6) is 2.97. The fourth-order valence-corrected chi connectivity index (χ4v) is 2.53. The molecule has 0 aliphatic rings. The molecular formula is C21H30IN3O3. The number of halogens is 1. The van der Waals surface area contributed by atoms with Crippen LogP contribution in [0.3, 0.4) is 0 Å². The molecule has 2 rings (SSSR count).